The largest absolute Gasteiger partial charge is 0.573 e. The van der Waals surface area contributed by atoms with Crippen LogP contribution in [0.3, 0.4) is 0 Å². The number of para-hydroxylation sites is 1. The molecule has 0 radical (unpaired) electrons. The fraction of sp³-hybridized carbons (Fsp3) is 0.179. The second-order valence-corrected chi connectivity index (χ2v) is 9.64. The minimum absolute atomic E-state index is 0.290. The van der Waals surface area contributed by atoms with Crippen LogP contribution in [-0.2, 0) is 7.05 Å². The smallest absolute Gasteiger partial charge is 0.406 e. The van der Waals surface area contributed by atoms with Crippen molar-refractivity contribution >= 4 is 51.0 Å². The number of nitrogens with one attached hydrogen (secondary N) is 2. The molecule has 8 nitrogen and oxygen atoms in total. The monoisotopic (exact) mass is 563 g/mol. The number of alkyl halides is 3. The van der Waals surface area contributed by atoms with Crippen LogP contribution in [0.4, 0.5) is 18.9 Å². The zero-order valence-corrected chi connectivity index (χ0v) is 22.5. The molecule has 0 aliphatic carbocycles. The van der Waals surface area contributed by atoms with E-state index in [0.29, 0.717) is 33.5 Å². The van der Waals surface area contributed by atoms with Gasteiger partial charge in [-0.2, -0.15) is 10.2 Å². The van der Waals surface area contributed by atoms with E-state index in [9.17, 15) is 13.2 Å². The summed E-state index contributed by atoms with van der Waals surface area (Å²) in [4.78, 5) is 8.96. The molecular formula is C28H24F3N7OS. The predicted octanol–water partition coefficient (Wildman–Crippen LogP) is 6.53. The fourth-order valence-corrected chi connectivity index (χ4v) is 4.57. The lowest BCUT2D eigenvalue weighted by Gasteiger charge is -2.14. The van der Waals surface area contributed by atoms with E-state index >= 15 is 0 Å². The van der Waals surface area contributed by atoms with Crippen LogP contribution in [0.25, 0.3) is 33.1 Å². The molecule has 204 valence electrons. The van der Waals surface area contributed by atoms with Crippen molar-refractivity contribution in [2.45, 2.75) is 26.1 Å². The molecule has 0 spiro atoms. The maximum Gasteiger partial charge on any atom is 0.573 e. The molecule has 0 unspecified atom stereocenters. The molecule has 0 aliphatic rings. The molecule has 3 aromatic carbocycles. The van der Waals surface area contributed by atoms with Crippen molar-refractivity contribution in [2.75, 3.05) is 5.32 Å². The van der Waals surface area contributed by atoms with Gasteiger partial charge in [-0.3, -0.25) is 10.1 Å². The van der Waals surface area contributed by atoms with Crippen molar-refractivity contribution in [1.29, 1.82) is 0 Å². The first kappa shape index (κ1) is 27.0. The van der Waals surface area contributed by atoms with E-state index in [-0.39, 0.29) is 5.75 Å². The van der Waals surface area contributed by atoms with E-state index in [1.165, 1.54) is 18.3 Å². The lowest BCUT2D eigenvalue weighted by Crippen LogP contribution is -2.24. The van der Waals surface area contributed by atoms with Gasteiger partial charge in [-0.25, -0.2) is 9.97 Å². The second-order valence-electron chi connectivity index (χ2n) is 9.23. The summed E-state index contributed by atoms with van der Waals surface area (Å²) in [7, 11) is 1.77. The van der Waals surface area contributed by atoms with Crippen molar-refractivity contribution in [3.05, 3.63) is 78.2 Å². The number of aromatic nitrogens is 4. The Bertz CT molecular complexity index is 1730. The lowest BCUT2D eigenvalue weighted by molar-refractivity contribution is -0.274. The normalized spacial score (nSPS) is 12.0. The van der Waals surface area contributed by atoms with E-state index in [0.717, 1.165) is 27.7 Å². The molecule has 12 heteroatoms. The number of ether oxygens (including phenoxy) is 1. The standard InChI is InChI=1S/C28H24F3N7OS/c1-16(2)19-6-4-5-7-22(19)35-27(40)36-33-15-24-32-14-21-23(34-24)13-12-20-25(21)37-38(3)26(20)17-8-10-18(11-9-17)39-28(29,30)31/h4-16H,1-3H3,(H2,35,36,40). The molecule has 0 aliphatic heterocycles. The summed E-state index contributed by atoms with van der Waals surface area (Å²) in [5.74, 6) is 0.421. The van der Waals surface area contributed by atoms with Crippen molar-refractivity contribution < 1.29 is 17.9 Å². The van der Waals surface area contributed by atoms with Crippen molar-refractivity contribution in [1.82, 2.24) is 25.2 Å². The van der Waals surface area contributed by atoms with Gasteiger partial charge in [0.05, 0.1) is 17.4 Å². The van der Waals surface area contributed by atoms with Crippen molar-refractivity contribution in [3.8, 4) is 17.0 Å². The highest BCUT2D eigenvalue weighted by Crippen LogP contribution is 2.33. The van der Waals surface area contributed by atoms with E-state index in [1.807, 2.05) is 36.4 Å². The van der Waals surface area contributed by atoms with Gasteiger partial charge >= 0.3 is 6.36 Å². The third-order valence-corrected chi connectivity index (χ3v) is 6.32. The Morgan fingerprint density at radius 3 is 2.52 bits per heavy atom. The van der Waals surface area contributed by atoms with E-state index in [2.05, 4.69) is 49.5 Å². The molecule has 0 fully saturated rings. The van der Waals surface area contributed by atoms with Gasteiger partial charge in [0.25, 0.3) is 0 Å². The molecular weight excluding hydrogens is 539 g/mol. The summed E-state index contributed by atoms with van der Waals surface area (Å²) in [6.07, 6.45) is -1.61. The Morgan fingerprint density at radius 1 is 1.05 bits per heavy atom. The highest BCUT2D eigenvalue weighted by atomic mass is 32.1. The SMILES string of the molecule is CC(C)c1ccccc1NC(=S)NN=Cc1ncc2c(ccc3c(-c4ccc(OC(F)(F)F)cc4)n(C)nc32)n1. The maximum absolute atomic E-state index is 12.5. The first-order valence-electron chi connectivity index (χ1n) is 12.3. The van der Waals surface area contributed by atoms with Crippen molar-refractivity contribution in [2.24, 2.45) is 12.1 Å². The molecule has 2 heterocycles. The van der Waals surface area contributed by atoms with Gasteiger partial charge in [0, 0.05) is 35.3 Å². The molecule has 40 heavy (non-hydrogen) atoms. The molecule has 0 atom stereocenters. The Kier molecular flexibility index (Phi) is 7.35. The number of thiocarbonyl (C=S) groups is 1. The molecule has 0 bridgehead atoms. The molecule has 0 saturated carbocycles. The topological polar surface area (TPSA) is 89.3 Å². The second kappa shape index (κ2) is 10.9. The number of benzene rings is 3. The third-order valence-electron chi connectivity index (χ3n) is 6.12. The Hall–Kier alpha value is -4.58. The summed E-state index contributed by atoms with van der Waals surface area (Å²) in [6, 6.07) is 17.3. The van der Waals surface area contributed by atoms with Crippen LogP contribution in [0.15, 0.2) is 72.0 Å². The maximum atomic E-state index is 12.5. The minimum atomic E-state index is -4.75. The third kappa shape index (κ3) is 5.86. The number of hydrazone groups is 1. The summed E-state index contributed by atoms with van der Waals surface area (Å²) >= 11 is 5.37. The summed E-state index contributed by atoms with van der Waals surface area (Å²) in [5, 5.41) is 13.8. The van der Waals surface area contributed by atoms with Crippen LogP contribution >= 0.6 is 12.2 Å². The summed E-state index contributed by atoms with van der Waals surface area (Å²) in [6.45, 7) is 4.22. The average molecular weight is 564 g/mol. The van der Waals surface area contributed by atoms with E-state index in [1.54, 1.807) is 30.1 Å². The van der Waals surface area contributed by atoms with Gasteiger partial charge in [-0.15, -0.1) is 13.2 Å². The molecule has 0 amide bonds. The van der Waals surface area contributed by atoms with Crippen LogP contribution in [0, 0.1) is 0 Å². The lowest BCUT2D eigenvalue weighted by atomic mass is 10.0. The quantitative estimate of drug-likeness (QED) is 0.138. The average Bonchev–Trinajstić information content (AvgIpc) is 3.24. The van der Waals surface area contributed by atoms with Crippen molar-refractivity contribution in [3.63, 3.8) is 0 Å². The first-order valence-corrected chi connectivity index (χ1v) is 12.7. The van der Waals surface area contributed by atoms with Crippen LogP contribution in [0.5, 0.6) is 5.75 Å². The number of rotatable bonds is 6. The Labute approximate surface area is 232 Å². The molecule has 2 N–H and O–H groups in total. The fourth-order valence-electron chi connectivity index (χ4n) is 4.41. The Balaban J connectivity index is 1.34. The number of hydrogen-bond acceptors (Lipinski definition) is 6. The molecule has 0 saturated heterocycles. The van der Waals surface area contributed by atoms with Gasteiger partial charge in [-0.1, -0.05) is 32.0 Å². The van der Waals surface area contributed by atoms with Gasteiger partial charge < -0.3 is 10.1 Å². The minimum Gasteiger partial charge on any atom is -0.406 e. The van der Waals surface area contributed by atoms with Crippen LogP contribution < -0.4 is 15.5 Å². The number of aryl methyl sites for hydroxylation is 1. The zero-order chi connectivity index (χ0) is 28.4. The summed E-state index contributed by atoms with van der Waals surface area (Å²) in [5.41, 5.74) is 7.61. The number of nitrogens with zero attached hydrogens (tertiary/aromatic N) is 5. The predicted molar refractivity (Wildman–Crippen MR) is 153 cm³/mol. The molecule has 5 aromatic rings. The number of fused-ring (bicyclic) bond motifs is 3. The zero-order valence-electron chi connectivity index (χ0n) is 21.7. The highest BCUT2D eigenvalue weighted by Gasteiger charge is 2.31. The number of anilines is 1. The van der Waals surface area contributed by atoms with E-state index < -0.39 is 6.36 Å². The number of halogens is 3. The first-order chi connectivity index (χ1) is 19.1. The number of hydrogen-bond donors (Lipinski definition) is 2. The van der Waals surface area contributed by atoms with E-state index in [4.69, 9.17) is 12.2 Å². The Morgan fingerprint density at radius 2 is 1.80 bits per heavy atom. The highest BCUT2D eigenvalue weighted by molar-refractivity contribution is 7.80. The molecule has 5 rings (SSSR count). The van der Waals surface area contributed by atoms with Crippen LogP contribution in [0.1, 0.15) is 31.2 Å². The van der Waals surface area contributed by atoms with Gasteiger partial charge in [-0.05, 0) is 66.2 Å². The van der Waals surface area contributed by atoms with Gasteiger partial charge in [0.15, 0.2) is 10.9 Å². The van der Waals surface area contributed by atoms with Crippen LogP contribution in [-0.4, -0.2) is 37.4 Å². The summed E-state index contributed by atoms with van der Waals surface area (Å²) < 4.78 is 43.2. The van der Waals surface area contributed by atoms with Gasteiger partial charge in [0.2, 0.25) is 0 Å². The van der Waals surface area contributed by atoms with Gasteiger partial charge in [0.1, 0.15) is 11.3 Å². The van der Waals surface area contributed by atoms with Crippen LogP contribution in [0.2, 0.25) is 0 Å². The molecule has 2 aromatic heterocycles.